The van der Waals surface area contributed by atoms with E-state index in [9.17, 15) is 14.4 Å². The van der Waals surface area contributed by atoms with Gasteiger partial charge >= 0.3 is 12.0 Å². The van der Waals surface area contributed by atoms with Crippen LogP contribution in [0.3, 0.4) is 0 Å². The smallest absolute Gasteiger partial charge is 0.325 e. The highest BCUT2D eigenvalue weighted by molar-refractivity contribution is 6.08. The molecule has 1 heterocycles. The molecular weight excluding hydrogens is 260 g/mol. The molecule has 1 aliphatic rings. The lowest BCUT2D eigenvalue weighted by atomic mass is 9.98. The van der Waals surface area contributed by atoms with Crippen LogP contribution in [0.4, 0.5) is 4.79 Å². The number of hydrogen-bond acceptors (Lipinski definition) is 3. The SMILES string of the molecule is Cc1ccc(CN2C(=O)NC(C)(CC(=O)O)C2=O)cc1. The molecule has 0 spiro atoms. The molecule has 1 atom stereocenters. The van der Waals surface area contributed by atoms with E-state index in [0.717, 1.165) is 16.0 Å². The van der Waals surface area contributed by atoms with E-state index in [-0.39, 0.29) is 6.54 Å². The molecule has 6 heteroatoms. The van der Waals surface area contributed by atoms with Gasteiger partial charge in [-0.15, -0.1) is 0 Å². The van der Waals surface area contributed by atoms with Crippen molar-refractivity contribution in [2.75, 3.05) is 0 Å². The molecule has 1 aromatic carbocycles. The van der Waals surface area contributed by atoms with Crippen LogP contribution in [0.5, 0.6) is 0 Å². The predicted octanol–water partition coefficient (Wildman–Crippen LogP) is 1.28. The Balaban J connectivity index is 2.17. The van der Waals surface area contributed by atoms with Crippen LogP contribution in [0.15, 0.2) is 24.3 Å². The topological polar surface area (TPSA) is 86.7 Å². The summed E-state index contributed by atoms with van der Waals surface area (Å²) >= 11 is 0. The first-order valence-corrected chi connectivity index (χ1v) is 6.23. The predicted molar refractivity (Wildman–Crippen MR) is 70.9 cm³/mol. The van der Waals surface area contributed by atoms with Crippen molar-refractivity contribution in [2.45, 2.75) is 32.4 Å². The molecule has 1 unspecified atom stereocenters. The number of aryl methyl sites for hydroxylation is 1. The molecule has 106 valence electrons. The van der Waals surface area contributed by atoms with Crippen LogP contribution in [0, 0.1) is 6.92 Å². The summed E-state index contributed by atoms with van der Waals surface area (Å²) in [5.41, 5.74) is 0.536. The maximum absolute atomic E-state index is 12.2. The van der Waals surface area contributed by atoms with Gasteiger partial charge < -0.3 is 10.4 Å². The number of benzene rings is 1. The van der Waals surface area contributed by atoms with E-state index in [4.69, 9.17) is 5.11 Å². The van der Waals surface area contributed by atoms with Gasteiger partial charge in [-0.25, -0.2) is 4.79 Å². The monoisotopic (exact) mass is 276 g/mol. The van der Waals surface area contributed by atoms with Crippen LogP contribution < -0.4 is 5.32 Å². The van der Waals surface area contributed by atoms with Gasteiger partial charge in [-0.1, -0.05) is 29.8 Å². The van der Waals surface area contributed by atoms with E-state index in [1.165, 1.54) is 6.92 Å². The van der Waals surface area contributed by atoms with E-state index < -0.39 is 29.9 Å². The van der Waals surface area contributed by atoms with Crippen LogP contribution in [0.2, 0.25) is 0 Å². The Kier molecular flexibility index (Phi) is 3.48. The third-order valence-electron chi connectivity index (χ3n) is 3.31. The Morgan fingerprint density at radius 1 is 1.30 bits per heavy atom. The van der Waals surface area contributed by atoms with E-state index in [2.05, 4.69) is 5.32 Å². The van der Waals surface area contributed by atoms with Crippen molar-refractivity contribution in [3.63, 3.8) is 0 Å². The molecular formula is C14H16N2O4. The van der Waals surface area contributed by atoms with Crippen LogP contribution in [-0.2, 0) is 16.1 Å². The van der Waals surface area contributed by atoms with Crippen molar-refractivity contribution < 1.29 is 19.5 Å². The first-order chi connectivity index (χ1) is 9.32. The second-order valence-corrected chi connectivity index (χ2v) is 5.21. The molecule has 0 saturated carbocycles. The number of rotatable bonds is 4. The molecule has 1 fully saturated rings. The van der Waals surface area contributed by atoms with Gasteiger partial charge in [-0.3, -0.25) is 14.5 Å². The molecule has 2 N–H and O–H groups in total. The number of nitrogens with zero attached hydrogens (tertiary/aromatic N) is 1. The minimum absolute atomic E-state index is 0.139. The van der Waals surface area contributed by atoms with Crippen LogP contribution in [-0.4, -0.2) is 33.5 Å². The van der Waals surface area contributed by atoms with Crippen molar-refractivity contribution in [1.29, 1.82) is 0 Å². The summed E-state index contributed by atoms with van der Waals surface area (Å²) < 4.78 is 0. The minimum Gasteiger partial charge on any atom is -0.481 e. The second-order valence-electron chi connectivity index (χ2n) is 5.21. The summed E-state index contributed by atoms with van der Waals surface area (Å²) in [7, 11) is 0. The van der Waals surface area contributed by atoms with E-state index in [1.54, 1.807) is 0 Å². The average Bonchev–Trinajstić information content (AvgIpc) is 2.54. The summed E-state index contributed by atoms with van der Waals surface area (Å²) in [5, 5.41) is 11.3. The number of carbonyl (C=O) groups excluding carboxylic acids is 2. The zero-order valence-electron chi connectivity index (χ0n) is 11.3. The molecule has 0 aliphatic carbocycles. The number of imide groups is 1. The molecule has 0 bridgehead atoms. The van der Waals surface area contributed by atoms with Crippen molar-refractivity contribution >= 4 is 17.9 Å². The van der Waals surface area contributed by atoms with Crippen molar-refractivity contribution in [3.8, 4) is 0 Å². The molecule has 3 amide bonds. The molecule has 0 radical (unpaired) electrons. The van der Waals surface area contributed by atoms with E-state index >= 15 is 0 Å². The fourth-order valence-corrected chi connectivity index (χ4v) is 2.19. The lowest BCUT2D eigenvalue weighted by molar-refractivity contribution is -0.142. The summed E-state index contributed by atoms with van der Waals surface area (Å²) in [6, 6.07) is 6.90. The van der Waals surface area contributed by atoms with Gasteiger partial charge in [0.05, 0.1) is 13.0 Å². The van der Waals surface area contributed by atoms with Gasteiger partial charge in [0.15, 0.2) is 0 Å². The summed E-state index contributed by atoms with van der Waals surface area (Å²) in [5.74, 6) is -1.64. The highest BCUT2D eigenvalue weighted by Gasteiger charge is 2.48. The van der Waals surface area contributed by atoms with Crippen molar-refractivity contribution in [1.82, 2.24) is 10.2 Å². The summed E-state index contributed by atoms with van der Waals surface area (Å²) in [6.45, 7) is 3.51. The summed E-state index contributed by atoms with van der Waals surface area (Å²) in [6.07, 6.45) is -0.429. The standard InChI is InChI=1S/C14H16N2O4/c1-9-3-5-10(6-4-9)8-16-12(19)14(2,7-11(17)18)15-13(16)20/h3-6H,7-8H2,1-2H3,(H,15,20)(H,17,18). The van der Waals surface area contributed by atoms with Gasteiger partial charge in [0.25, 0.3) is 5.91 Å². The third-order valence-corrected chi connectivity index (χ3v) is 3.31. The van der Waals surface area contributed by atoms with Gasteiger partial charge in [0.2, 0.25) is 0 Å². The Morgan fingerprint density at radius 2 is 1.90 bits per heavy atom. The first-order valence-electron chi connectivity index (χ1n) is 6.23. The van der Waals surface area contributed by atoms with Crippen LogP contribution in [0.25, 0.3) is 0 Å². The number of aliphatic carboxylic acids is 1. The quantitative estimate of drug-likeness (QED) is 0.811. The van der Waals surface area contributed by atoms with E-state index in [0.29, 0.717) is 0 Å². The van der Waals surface area contributed by atoms with Gasteiger partial charge in [-0.05, 0) is 19.4 Å². The van der Waals surface area contributed by atoms with Gasteiger partial charge in [0.1, 0.15) is 5.54 Å². The fourth-order valence-electron chi connectivity index (χ4n) is 2.19. The Hall–Kier alpha value is -2.37. The highest BCUT2D eigenvalue weighted by atomic mass is 16.4. The number of amides is 3. The minimum atomic E-state index is -1.37. The maximum Gasteiger partial charge on any atom is 0.325 e. The summed E-state index contributed by atoms with van der Waals surface area (Å²) in [4.78, 5) is 35.9. The van der Waals surface area contributed by atoms with Gasteiger partial charge in [-0.2, -0.15) is 0 Å². The number of nitrogens with one attached hydrogen (secondary N) is 1. The fraction of sp³-hybridized carbons (Fsp3) is 0.357. The number of carbonyl (C=O) groups is 3. The number of hydrogen-bond donors (Lipinski definition) is 2. The largest absolute Gasteiger partial charge is 0.481 e. The zero-order chi connectivity index (χ0) is 14.9. The zero-order valence-corrected chi connectivity index (χ0v) is 11.3. The van der Waals surface area contributed by atoms with E-state index in [1.807, 2.05) is 31.2 Å². The Bertz CT molecular complexity index is 567. The molecule has 6 nitrogen and oxygen atoms in total. The number of carboxylic acids is 1. The van der Waals surface area contributed by atoms with Crippen LogP contribution >= 0.6 is 0 Å². The van der Waals surface area contributed by atoms with Crippen molar-refractivity contribution in [3.05, 3.63) is 35.4 Å². The highest BCUT2D eigenvalue weighted by Crippen LogP contribution is 2.23. The lowest BCUT2D eigenvalue weighted by Crippen LogP contribution is -2.45. The Labute approximate surface area is 116 Å². The second kappa shape index (κ2) is 4.96. The molecule has 1 aliphatic heterocycles. The van der Waals surface area contributed by atoms with Crippen LogP contribution in [0.1, 0.15) is 24.5 Å². The number of carboxylic acid groups (broad SMARTS) is 1. The van der Waals surface area contributed by atoms with Crippen molar-refractivity contribution in [2.24, 2.45) is 0 Å². The third kappa shape index (κ3) is 2.64. The van der Waals surface area contributed by atoms with Gasteiger partial charge in [0, 0.05) is 0 Å². The molecule has 0 aromatic heterocycles. The molecule has 1 aromatic rings. The molecule has 1 saturated heterocycles. The molecule has 2 rings (SSSR count). The Morgan fingerprint density at radius 3 is 2.45 bits per heavy atom. The normalized spacial score (nSPS) is 22.0. The molecule has 20 heavy (non-hydrogen) atoms. The first kappa shape index (κ1) is 14.0. The lowest BCUT2D eigenvalue weighted by Gasteiger charge is -2.19. The maximum atomic E-state index is 12.2. The number of urea groups is 1. The average molecular weight is 276 g/mol.